The van der Waals surface area contributed by atoms with E-state index < -0.39 is 0 Å². The van der Waals surface area contributed by atoms with Gasteiger partial charge >= 0.3 is 0 Å². The van der Waals surface area contributed by atoms with Gasteiger partial charge in [-0.1, -0.05) is 34.1 Å². The molecule has 0 spiro atoms. The molecule has 0 aliphatic rings. The zero-order valence-corrected chi connectivity index (χ0v) is 12.6. The second kappa shape index (κ2) is 6.68. The Balaban J connectivity index is 1.98. The van der Waals surface area contributed by atoms with Gasteiger partial charge in [0.25, 0.3) is 0 Å². The lowest BCUT2D eigenvalue weighted by Crippen LogP contribution is -2.18. The fraction of sp³-hybridized carbons (Fsp3) is 0.267. The third-order valence-corrected chi connectivity index (χ3v) is 3.42. The predicted octanol–water partition coefficient (Wildman–Crippen LogP) is 3.70. The van der Waals surface area contributed by atoms with Gasteiger partial charge in [-0.15, -0.1) is 0 Å². The number of nitrogens with zero attached hydrogens (tertiary/aromatic N) is 1. The summed E-state index contributed by atoms with van der Waals surface area (Å²) in [6.07, 6.45) is 0. The van der Waals surface area contributed by atoms with Gasteiger partial charge in [0.1, 0.15) is 0 Å². The first-order valence-corrected chi connectivity index (χ1v) is 6.97. The Labute approximate surface area is 122 Å². The molecule has 2 aromatic rings. The van der Waals surface area contributed by atoms with Crippen molar-refractivity contribution in [2.75, 3.05) is 7.11 Å². The van der Waals surface area contributed by atoms with Crippen molar-refractivity contribution in [2.24, 2.45) is 0 Å². The van der Waals surface area contributed by atoms with Gasteiger partial charge in [-0.25, -0.2) is 4.98 Å². The third kappa shape index (κ3) is 4.04. The van der Waals surface area contributed by atoms with Crippen molar-refractivity contribution < 1.29 is 4.74 Å². The maximum Gasteiger partial charge on any atom is 0.213 e. The summed E-state index contributed by atoms with van der Waals surface area (Å²) in [5.74, 6) is 0.648. The van der Waals surface area contributed by atoms with E-state index in [0.29, 0.717) is 12.4 Å². The Hall–Kier alpha value is -1.39. The average Bonchev–Trinajstić information content (AvgIpc) is 2.45. The molecule has 0 amide bonds. The van der Waals surface area contributed by atoms with Gasteiger partial charge in [-0.05, 0) is 30.7 Å². The molecule has 1 heterocycles. The molecular formula is C15H17BrN2O. The Morgan fingerprint density at radius 3 is 2.79 bits per heavy atom. The lowest BCUT2D eigenvalue weighted by molar-refractivity contribution is 0.395. The van der Waals surface area contributed by atoms with E-state index in [0.717, 1.165) is 10.2 Å². The van der Waals surface area contributed by atoms with Crippen LogP contribution in [-0.2, 0) is 6.54 Å². The number of hydrogen-bond acceptors (Lipinski definition) is 3. The maximum absolute atomic E-state index is 5.12. The van der Waals surface area contributed by atoms with E-state index in [2.05, 4.69) is 45.3 Å². The molecule has 4 heteroatoms. The van der Waals surface area contributed by atoms with E-state index in [-0.39, 0.29) is 6.04 Å². The average molecular weight is 321 g/mol. The fourth-order valence-electron chi connectivity index (χ4n) is 1.82. The second-order valence-corrected chi connectivity index (χ2v) is 5.24. The zero-order chi connectivity index (χ0) is 13.7. The number of aromatic nitrogens is 1. The SMILES string of the molecule is COc1cccc(CN[C@@H](C)c2cccc(Br)c2)n1. The molecule has 0 saturated heterocycles. The molecule has 0 bridgehead atoms. The van der Waals surface area contributed by atoms with Crippen molar-refractivity contribution >= 4 is 15.9 Å². The van der Waals surface area contributed by atoms with E-state index in [9.17, 15) is 0 Å². The van der Waals surface area contributed by atoms with Crippen LogP contribution in [0.25, 0.3) is 0 Å². The minimum Gasteiger partial charge on any atom is -0.481 e. The molecule has 0 fully saturated rings. The number of benzene rings is 1. The standard InChI is InChI=1S/C15H17BrN2O/c1-11(12-5-3-6-13(16)9-12)17-10-14-7-4-8-15(18-14)19-2/h3-9,11,17H,10H2,1-2H3/t11-/m0/s1. The molecule has 19 heavy (non-hydrogen) atoms. The summed E-state index contributed by atoms with van der Waals surface area (Å²) in [7, 11) is 1.63. The van der Waals surface area contributed by atoms with Crippen LogP contribution in [-0.4, -0.2) is 12.1 Å². The van der Waals surface area contributed by atoms with Crippen molar-refractivity contribution in [1.29, 1.82) is 0 Å². The van der Waals surface area contributed by atoms with Crippen LogP contribution in [0.15, 0.2) is 46.9 Å². The molecule has 0 unspecified atom stereocenters. The van der Waals surface area contributed by atoms with E-state index in [1.807, 2.05) is 30.3 Å². The molecule has 0 saturated carbocycles. The highest BCUT2D eigenvalue weighted by atomic mass is 79.9. The van der Waals surface area contributed by atoms with Crippen LogP contribution in [0.1, 0.15) is 24.2 Å². The third-order valence-electron chi connectivity index (χ3n) is 2.93. The molecule has 1 N–H and O–H groups in total. The van der Waals surface area contributed by atoms with E-state index in [1.54, 1.807) is 7.11 Å². The number of ether oxygens (including phenoxy) is 1. The van der Waals surface area contributed by atoms with Gasteiger partial charge < -0.3 is 10.1 Å². The van der Waals surface area contributed by atoms with Gasteiger partial charge in [0, 0.05) is 23.1 Å². The van der Waals surface area contributed by atoms with Gasteiger partial charge in [0.15, 0.2) is 0 Å². The maximum atomic E-state index is 5.12. The zero-order valence-electron chi connectivity index (χ0n) is 11.1. The summed E-state index contributed by atoms with van der Waals surface area (Å²) in [6.45, 7) is 2.85. The molecule has 1 aromatic heterocycles. The monoisotopic (exact) mass is 320 g/mol. The van der Waals surface area contributed by atoms with E-state index in [1.165, 1.54) is 5.56 Å². The normalized spacial score (nSPS) is 12.2. The van der Waals surface area contributed by atoms with Gasteiger partial charge in [0.2, 0.25) is 5.88 Å². The first-order valence-electron chi connectivity index (χ1n) is 6.18. The Bertz CT molecular complexity index is 545. The van der Waals surface area contributed by atoms with Crippen molar-refractivity contribution in [1.82, 2.24) is 10.3 Å². The van der Waals surface area contributed by atoms with Crippen LogP contribution in [0.4, 0.5) is 0 Å². The Morgan fingerprint density at radius 1 is 1.26 bits per heavy atom. The summed E-state index contributed by atoms with van der Waals surface area (Å²) in [5.41, 5.74) is 2.22. The fourth-order valence-corrected chi connectivity index (χ4v) is 2.24. The minimum absolute atomic E-state index is 0.269. The van der Waals surface area contributed by atoms with E-state index in [4.69, 9.17) is 4.74 Å². The highest BCUT2D eigenvalue weighted by Crippen LogP contribution is 2.18. The van der Waals surface area contributed by atoms with Crippen LogP contribution in [0.2, 0.25) is 0 Å². The lowest BCUT2D eigenvalue weighted by Gasteiger charge is -2.14. The topological polar surface area (TPSA) is 34.1 Å². The molecule has 0 radical (unpaired) electrons. The Morgan fingerprint density at radius 2 is 2.05 bits per heavy atom. The van der Waals surface area contributed by atoms with Gasteiger partial charge in [-0.3, -0.25) is 0 Å². The summed E-state index contributed by atoms with van der Waals surface area (Å²) >= 11 is 3.49. The van der Waals surface area contributed by atoms with Crippen molar-refractivity contribution in [3.05, 3.63) is 58.2 Å². The van der Waals surface area contributed by atoms with Crippen LogP contribution in [0.5, 0.6) is 5.88 Å². The van der Waals surface area contributed by atoms with Crippen LogP contribution in [0.3, 0.4) is 0 Å². The van der Waals surface area contributed by atoms with Crippen LogP contribution >= 0.6 is 15.9 Å². The second-order valence-electron chi connectivity index (χ2n) is 4.33. The van der Waals surface area contributed by atoms with Gasteiger partial charge in [-0.2, -0.15) is 0 Å². The Kier molecular flexibility index (Phi) is 4.93. The number of pyridine rings is 1. The molecule has 0 aliphatic carbocycles. The van der Waals surface area contributed by atoms with E-state index >= 15 is 0 Å². The molecule has 3 nitrogen and oxygen atoms in total. The van der Waals surface area contributed by atoms with Crippen LogP contribution < -0.4 is 10.1 Å². The first-order chi connectivity index (χ1) is 9.19. The number of nitrogens with one attached hydrogen (secondary N) is 1. The first kappa shape index (κ1) is 14.0. The number of rotatable bonds is 5. The van der Waals surface area contributed by atoms with Crippen LogP contribution in [0, 0.1) is 0 Å². The smallest absolute Gasteiger partial charge is 0.213 e. The predicted molar refractivity (Wildman–Crippen MR) is 80.2 cm³/mol. The minimum atomic E-state index is 0.269. The highest BCUT2D eigenvalue weighted by molar-refractivity contribution is 9.10. The van der Waals surface area contributed by atoms with Crippen molar-refractivity contribution in [3.63, 3.8) is 0 Å². The highest BCUT2D eigenvalue weighted by Gasteiger charge is 2.06. The molecule has 100 valence electrons. The number of methoxy groups -OCH3 is 1. The largest absolute Gasteiger partial charge is 0.481 e. The molecule has 1 atom stereocenters. The number of hydrogen-bond donors (Lipinski definition) is 1. The number of halogens is 1. The molecular weight excluding hydrogens is 304 g/mol. The molecule has 0 aliphatic heterocycles. The quantitative estimate of drug-likeness (QED) is 0.912. The summed E-state index contributed by atoms with van der Waals surface area (Å²) in [6, 6.07) is 14.4. The summed E-state index contributed by atoms with van der Waals surface area (Å²) in [4.78, 5) is 4.38. The lowest BCUT2D eigenvalue weighted by atomic mass is 10.1. The molecule has 1 aromatic carbocycles. The molecule has 2 rings (SSSR count). The summed E-state index contributed by atoms with van der Waals surface area (Å²) < 4.78 is 6.21. The van der Waals surface area contributed by atoms with Crippen molar-refractivity contribution in [2.45, 2.75) is 19.5 Å². The van der Waals surface area contributed by atoms with Gasteiger partial charge in [0.05, 0.1) is 12.8 Å². The van der Waals surface area contributed by atoms with Crippen molar-refractivity contribution in [3.8, 4) is 5.88 Å². The summed E-state index contributed by atoms with van der Waals surface area (Å²) in [5, 5.41) is 3.45.